The Morgan fingerprint density at radius 1 is 0.662 bits per heavy atom. The maximum Gasteiger partial charge on any atom is 0.325 e. The summed E-state index contributed by atoms with van der Waals surface area (Å²) in [5.74, 6) is -2.13. The molecule has 65 heavy (non-hydrogen) atoms. The number of sulfonamides is 1. The lowest BCUT2D eigenvalue weighted by molar-refractivity contribution is -0.141. The molecule has 0 amide bonds. The lowest BCUT2D eigenvalue weighted by Crippen LogP contribution is -2.36. The summed E-state index contributed by atoms with van der Waals surface area (Å²) in [4.78, 5) is 51.9. The van der Waals surface area contributed by atoms with Crippen molar-refractivity contribution < 1.29 is 60.4 Å². The lowest BCUT2D eigenvalue weighted by Gasteiger charge is -2.26. The standard InChI is InChI=1S/C46H46N5O13S/c1-28-10-6-7-11-31(28)44-32-16-14-29(47)22-38(32)64-45-33(44)17-18-34(48)46(45)65(56,57)49-30-15-19-36(51(26-42(54)60-4)27-43(55)61-5)39(23-30)63-21-20-62-37-13-9-8-12-35(37)50(24-40(52)58-2)25-41(53)59-3/h6-19,22-23,49H,20-21,24-27H2,1-5H3,(H2-,47,48)/q-1. The van der Waals surface area contributed by atoms with E-state index in [9.17, 15) is 27.6 Å². The number of esters is 4. The number of methoxy groups -OCH3 is 4. The predicted octanol–water partition coefficient (Wildman–Crippen LogP) is 6.24. The molecule has 0 spiro atoms. The van der Waals surface area contributed by atoms with Gasteiger partial charge in [-0.2, -0.15) is 0 Å². The number of hydrogen-bond acceptors (Lipinski definition) is 16. The first-order valence-electron chi connectivity index (χ1n) is 19.8. The summed E-state index contributed by atoms with van der Waals surface area (Å²) in [7, 11) is 0.154. The summed E-state index contributed by atoms with van der Waals surface area (Å²) < 4.78 is 69.5. The largest absolute Gasteiger partial charge is 0.698 e. The van der Waals surface area contributed by atoms with Gasteiger partial charge in [0.25, 0.3) is 10.0 Å². The number of nitrogens with zero attached hydrogens (tertiary/aromatic N) is 2. The topological polar surface area (TPSA) is 237 Å². The van der Waals surface area contributed by atoms with Gasteiger partial charge in [-0.15, -0.1) is 5.69 Å². The van der Waals surface area contributed by atoms with Gasteiger partial charge in [0.05, 0.1) is 50.9 Å². The second-order valence-electron chi connectivity index (χ2n) is 14.3. The number of anilines is 3. The van der Waals surface area contributed by atoms with E-state index in [1.165, 1.54) is 68.6 Å². The number of nitrogens with one attached hydrogen (secondary N) is 3. The molecule has 0 saturated heterocycles. The van der Waals surface area contributed by atoms with Gasteiger partial charge in [-0.05, 0) is 54.4 Å². The molecule has 1 aliphatic heterocycles. The van der Waals surface area contributed by atoms with Crippen molar-refractivity contribution >= 4 is 67.6 Å². The number of hydrogen-bond donors (Lipinski definition) is 2. The molecular weight excluding hydrogens is 863 g/mol. The molecule has 19 heteroatoms. The van der Waals surface area contributed by atoms with Crippen LogP contribution < -0.4 is 29.4 Å². The van der Waals surface area contributed by atoms with E-state index in [0.29, 0.717) is 22.2 Å². The van der Waals surface area contributed by atoms with E-state index < -0.39 is 51.9 Å². The molecule has 0 saturated carbocycles. The molecule has 1 aliphatic carbocycles. The van der Waals surface area contributed by atoms with Crippen LogP contribution in [0.3, 0.4) is 0 Å². The summed E-state index contributed by atoms with van der Waals surface area (Å²) in [6.07, 6.45) is 0. The summed E-state index contributed by atoms with van der Waals surface area (Å²) in [6, 6.07) is 26.2. The minimum atomic E-state index is -4.64. The minimum Gasteiger partial charge on any atom is -0.698 e. The minimum absolute atomic E-state index is 0.00240. The van der Waals surface area contributed by atoms with Crippen molar-refractivity contribution in [2.75, 3.05) is 82.4 Å². The van der Waals surface area contributed by atoms with Gasteiger partial charge in [0, 0.05) is 28.6 Å². The Bertz CT molecular complexity index is 2850. The molecule has 4 aromatic rings. The van der Waals surface area contributed by atoms with Gasteiger partial charge in [-0.25, -0.2) is 8.42 Å². The summed E-state index contributed by atoms with van der Waals surface area (Å²) in [5.41, 5.74) is 11.9. The summed E-state index contributed by atoms with van der Waals surface area (Å²) in [5, 5.41) is 8.84. The number of aryl methyl sites for hydroxylation is 1. The van der Waals surface area contributed by atoms with Crippen molar-refractivity contribution in [1.29, 1.82) is 5.41 Å². The molecule has 340 valence electrons. The Morgan fingerprint density at radius 3 is 1.82 bits per heavy atom. The molecule has 4 aromatic carbocycles. The quantitative estimate of drug-likeness (QED) is 0.0396. The van der Waals surface area contributed by atoms with Gasteiger partial charge < -0.3 is 53.8 Å². The molecule has 6 rings (SSSR count). The van der Waals surface area contributed by atoms with Crippen LogP contribution in [-0.4, -0.2) is 100 Å². The number of rotatable bonds is 19. The Hall–Kier alpha value is -7.80. The van der Waals surface area contributed by atoms with Gasteiger partial charge in [-0.3, -0.25) is 23.9 Å². The smallest absolute Gasteiger partial charge is 0.325 e. The van der Waals surface area contributed by atoms with Gasteiger partial charge in [0.1, 0.15) is 61.5 Å². The van der Waals surface area contributed by atoms with Crippen LogP contribution in [0, 0.1) is 12.3 Å². The van der Waals surface area contributed by atoms with Crippen LogP contribution in [0.15, 0.2) is 106 Å². The van der Waals surface area contributed by atoms with Crippen molar-refractivity contribution in [3.8, 4) is 33.9 Å². The van der Waals surface area contributed by atoms with E-state index >= 15 is 0 Å². The maximum atomic E-state index is 14.5. The van der Waals surface area contributed by atoms with Crippen LogP contribution in [-0.2, 0) is 48.1 Å². The Balaban J connectivity index is 1.38. The molecule has 2 aliphatic rings. The van der Waals surface area contributed by atoms with Crippen LogP contribution >= 0.6 is 0 Å². The first-order valence-corrected chi connectivity index (χ1v) is 21.3. The van der Waals surface area contributed by atoms with E-state index in [1.807, 2.05) is 31.2 Å². The fraction of sp³-hybridized carbons (Fsp3) is 0.239. The third-order valence-corrected chi connectivity index (χ3v) is 11.5. The molecule has 18 nitrogen and oxygen atoms in total. The van der Waals surface area contributed by atoms with Crippen molar-refractivity contribution in [3.63, 3.8) is 0 Å². The first-order chi connectivity index (χ1) is 31.2. The molecule has 1 heterocycles. The summed E-state index contributed by atoms with van der Waals surface area (Å²) in [6.45, 7) is 0.151. The van der Waals surface area contributed by atoms with Crippen LogP contribution in [0.2, 0.25) is 0 Å². The van der Waals surface area contributed by atoms with Crippen LogP contribution in [0.25, 0.3) is 39.2 Å². The second kappa shape index (κ2) is 20.6. The number of carbonyl (C=O) groups is 4. The highest BCUT2D eigenvalue weighted by atomic mass is 32.2. The van der Waals surface area contributed by atoms with E-state index in [4.69, 9.17) is 44.0 Å². The van der Waals surface area contributed by atoms with E-state index in [1.54, 1.807) is 42.5 Å². The second-order valence-corrected chi connectivity index (χ2v) is 15.9. The van der Waals surface area contributed by atoms with Crippen LogP contribution in [0.1, 0.15) is 5.56 Å². The van der Waals surface area contributed by atoms with Crippen molar-refractivity contribution in [3.05, 3.63) is 114 Å². The highest BCUT2D eigenvalue weighted by Gasteiger charge is 2.27. The normalized spacial score (nSPS) is 11.1. The highest BCUT2D eigenvalue weighted by molar-refractivity contribution is 7.93. The molecule has 0 radical (unpaired) electrons. The predicted molar refractivity (Wildman–Crippen MR) is 240 cm³/mol. The molecule has 3 N–H and O–H groups in total. The lowest BCUT2D eigenvalue weighted by atomic mass is 9.91. The third kappa shape index (κ3) is 10.9. The summed E-state index contributed by atoms with van der Waals surface area (Å²) >= 11 is 0. The van der Waals surface area contributed by atoms with E-state index in [-0.39, 0.29) is 71.6 Å². The van der Waals surface area contributed by atoms with Crippen molar-refractivity contribution in [2.24, 2.45) is 0 Å². The zero-order valence-corrected chi connectivity index (χ0v) is 36.9. The number of fused-ring (bicyclic) bond motifs is 2. The highest BCUT2D eigenvalue weighted by Crippen LogP contribution is 2.45. The molecular formula is C46H46N5O13S-. The fourth-order valence-electron chi connectivity index (χ4n) is 6.98. The van der Waals surface area contributed by atoms with Gasteiger partial charge in [-0.1, -0.05) is 48.5 Å². The van der Waals surface area contributed by atoms with Crippen LogP contribution in [0.4, 0.5) is 22.7 Å². The van der Waals surface area contributed by atoms with E-state index in [2.05, 4.69) is 4.72 Å². The molecule has 0 bridgehead atoms. The SMILES string of the molecule is COC(=O)CN(CC(=O)OC)c1ccccc1OCCOc1cc(NS(=O)(=O)c2c([NH-])ccc3c(-c4ccccc4C)c4ccc(=N)cc-4oc23)ccc1N(CC(=O)OC)CC(=O)OC. The zero-order valence-electron chi connectivity index (χ0n) is 36.1. The number of ether oxygens (including phenoxy) is 6. The van der Waals surface area contributed by atoms with Crippen molar-refractivity contribution in [1.82, 2.24) is 0 Å². The van der Waals surface area contributed by atoms with Crippen LogP contribution in [0.5, 0.6) is 11.5 Å². The average molecular weight is 909 g/mol. The van der Waals surface area contributed by atoms with Gasteiger partial charge >= 0.3 is 23.9 Å². The molecule has 0 fully saturated rings. The molecule has 0 unspecified atom stereocenters. The average Bonchev–Trinajstić information content (AvgIpc) is 3.29. The Morgan fingerprint density at radius 2 is 1.22 bits per heavy atom. The van der Waals surface area contributed by atoms with E-state index in [0.717, 1.165) is 11.1 Å². The van der Waals surface area contributed by atoms with Gasteiger partial charge in [0.15, 0.2) is 5.58 Å². The molecule has 0 atom stereocenters. The van der Waals surface area contributed by atoms with Crippen molar-refractivity contribution in [2.45, 2.75) is 11.8 Å². The fourth-order valence-corrected chi connectivity index (χ4v) is 8.27. The zero-order chi connectivity index (χ0) is 46.8. The number of carbonyl (C=O) groups excluding carboxylic acids is 4. The Labute approximate surface area is 374 Å². The van der Waals surface area contributed by atoms with Gasteiger partial charge in [0.2, 0.25) is 0 Å². The number of benzene rings is 5. The Kier molecular flexibility index (Phi) is 14.8. The number of para-hydroxylation sites is 2. The monoisotopic (exact) mass is 908 g/mol. The maximum absolute atomic E-state index is 14.5. The molecule has 0 aromatic heterocycles. The third-order valence-electron chi connectivity index (χ3n) is 10.1. The first kappa shape index (κ1) is 46.7.